The molecule has 1 aromatic carbocycles. The lowest BCUT2D eigenvalue weighted by atomic mass is 9.84. The van der Waals surface area contributed by atoms with E-state index in [4.69, 9.17) is 5.73 Å². The molecule has 3 N–H and O–H groups in total. The van der Waals surface area contributed by atoms with Crippen molar-refractivity contribution in [2.45, 2.75) is 44.4 Å². The number of alkyl halides is 2. The van der Waals surface area contributed by atoms with Crippen molar-refractivity contribution in [2.75, 3.05) is 0 Å². The van der Waals surface area contributed by atoms with Crippen molar-refractivity contribution >= 4 is 16.8 Å². The Morgan fingerprint density at radius 2 is 1.91 bits per heavy atom. The Bertz CT molecular complexity index is 1270. The zero-order valence-corrected chi connectivity index (χ0v) is 17.9. The molecule has 2 heterocycles. The fourth-order valence-corrected chi connectivity index (χ4v) is 5.30. The Morgan fingerprint density at radius 3 is 2.64 bits per heavy atom. The lowest BCUT2D eigenvalue weighted by molar-refractivity contribution is -0.0409. The van der Waals surface area contributed by atoms with Gasteiger partial charge in [0.2, 0.25) is 0 Å². The summed E-state index contributed by atoms with van der Waals surface area (Å²) in [6, 6.07) is 5.62. The van der Waals surface area contributed by atoms with Gasteiger partial charge in [-0.1, -0.05) is 6.07 Å². The molecule has 9 heteroatoms. The molecule has 2 aromatic heterocycles. The number of benzene rings is 1. The topological polar surface area (TPSA) is 88.8 Å². The number of aromatic amines is 1. The van der Waals surface area contributed by atoms with Crippen LogP contribution in [0.15, 0.2) is 41.5 Å². The first-order valence-corrected chi connectivity index (χ1v) is 10.7. The Labute approximate surface area is 187 Å². The van der Waals surface area contributed by atoms with E-state index in [1.807, 2.05) is 0 Å². The molecule has 2 saturated carbocycles. The van der Waals surface area contributed by atoms with Crippen LogP contribution >= 0.6 is 0 Å². The van der Waals surface area contributed by atoms with Crippen LogP contribution in [0.2, 0.25) is 0 Å². The van der Waals surface area contributed by atoms with Crippen molar-refractivity contribution in [1.29, 1.82) is 0 Å². The highest BCUT2D eigenvalue weighted by Crippen LogP contribution is 2.58. The number of rotatable bonds is 2. The van der Waals surface area contributed by atoms with E-state index in [1.165, 1.54) is 25.4 Å². The number of pyridine rings is 2. The summed E-state index contributed by atoms with van der Waals surface area (Å²) < 4.78 is 54.2. The highest BCUT2D eigenvalue weighted by molar-refractivity contribution is 6.03. The van der Waals surface area contributed by atoms with Gasteiger partial charge in [-0.05, 0) is 61.3 Å². The molecule has 3 atom stereocenters. The lowest BCUT2D eigenvalue weighted by Gasteiger charge is -2.22. The molecule has 2 aliphatic rings. The number of amides is 1. The number of fused-ring (bicyclic) bond motifs is 2. The van der Waals surface area contributed by atoms with Gasteiger partial charge in [0.05, 0.1) is 10.9 Å². The van der Waals surface area contributed by atoms with Crippen LogP contribution in [0.3, 0.4) is 0 Å². The second kappa shape index (κ2) is 8.61. The molecule has 1 unspecified atom stereocenters. The van der Waals surface area contributed by atoms with Crippen molar-refractivity contribution in [3.05, 3.63) is 75.3 Å². The molecule has 5 rings (SSSR count). The number of halogens is 4. The Hall–Kier alpha value is -3.23. The summed E-state index contributed by atoms with van der Waals surface area (Å²) in [5, 5.41) is 0.238. The van der Waals surface area contributed by atoms with E-state index in [0.717, 1.165) is 6.07 Å². The minimum absolute atomic E-state index is 0.00403. The molecule has 33 heavy (non-hydrogen) atoms. The molecule has 0 aliphatic heterocycles. The number of aromatic nitrogens is 2. The number of nitrogens with two attached hydrogens (primary N) is 1. The van der Waals surface area contributed by atoms with E-state index in [0.29, 0.717) is 30.3 Å². The first-order chi connectivity index (χ1) is 15.6. The van der Waals surface area contributed by atoms with E-state index >= 15 is 0 Å². The number of hydrogen-bond acceptors (Lipinski definition) is 3. The zero-order chi connectivity index (χ0) is 23.9. The van der Waals surface area contributed by atoms with Crippen LogP contribution in [0, 0.1) is 30.4 Å². The van der Waals surface area contributed by atoms with E-state index < -0.39 is 29.4 Å². The first-order valence-electron chi connectivity index (χ1n) is 10.7. The van der Waals surface area contributed by atoms with E-state index in [2.05, 4.69) is 9.97 Å². The summed E-state index contributed by atoms with van der Waals surface area (Å²) >= 11 is 0. The van der Waals surface area contributed by atoms with Crippen LogP contribution in [-0.2, 0) is 0 Å². The number of primary amides is 1. The van der Waals surface area contributed by atoms with Crippen LogP contribution < -0.4 is 11.2 Å². The van der Waals surface area contributed by atoms with Gasteiger partial charge in [-0.25, -0.2) is 17.6 Å². The third-order valence-electron chi connectivity index (χ3n) is 6.86. The monoisotopic (exact) mass is 461 g/mol. The molecule has 2 fully saturated rings. The van der Waals surface area contributed by atoms with E-state index in [9.17, 15) is 27.2 Å². The summed E-state index contributed by atoms with van der Waals surface area (Å²) in [5.41, 5.74) is 6.38. The number of H-pyrrole nitrogens is 1. The van der Waals surface area contributed by atoms with Crippen LogP contribution in [0.5, 0.6) is 0 Å². The predicted molar refractivity (Wildman–Crippen MR) is 115 cm³/mol. The average molecular weight is 461 g/mol. The maximum atomic E-state index is 13.7. The van der Waals surface area contributed by atoms with Gasteiger partial charge in [-0.2, -0.15) is 0 Å². The molecule has 0 spiro atoms. The van der Waals surface area contributed by atoms with E-state index in [1.54, 1.807) is 12.1 Å². The minimum atomic E-state index is -2.58. The minimum Gasteiger partial charge on any atom is -0.364 e. The van der Waals surface area contributed by atoms with Gasteiger partial charge < -0.3 is 10.7 Å². The number of nitrogens with zero attached hydrogens (tertiary/aromatic N) is 1. The normalized spacial score (nSPS) is 23.1. The first kappa shape index (κ1) is 22.9. The number of carbonyl (C=O) groups excluding carboxylic acids is 1. The zero-order valence-electron chi connectivity index (χ0n) is 17.9. The Morgan fingerprint density at radius 1 is 1.15 bits per heavy atom. The van der Waals surface area contributed by atoms with Gasteiger partial charge >= 0.3 is 0 Å². The molecule has 5 nitrogen and oxygen atoms in total. The Balaban J connectivity index is 0.000000165. The second-order valence-corrected chi connectivity index (χ2v) is 8.62. The third-order valence-corrected chi connectivity index (χ3v) is 6.86. The third kappa shape index (κ3) is 4.12. The molecule has 2 aliphatic carbocycles. The second-order valence-electron chi connectivity index (χ2n) is 8.62. The summed E-state index contributed by atoms with van der Waals surface area (Å²) in [7, 11) is 0. The largest absolute Gasteiger partial charge is 0.364 e. The number of nitrogens with one attached hydrogen (secondary N) is 1. The van der Waals surface area contributed by atoms with Gasteiger partial charge in [0.25, 0.3) is 11.8 Å². The maximum absolute atomic E-state index is 13.7. The van der Waals surface area contributed by atoms with E-state index in [-0.39, 0.29) is 40.3 Å². The Kier molecular flexibility index (Phi) is 5.99. The fourth-order valence-electron chi connectivity index (χ4n) is 5.30. The SMILES string of the molecule is Cc1c(C2CC[C@H]3[C@@H]2CCC3(F)F)ccc(F)c1F.NC(=O)c1nccc2[nH]ccc(=O)c12. The van der Waals surface area contributed by atoms with Crippen molar-refractivity contribution in [1.82, 2.24) is 9.97 Å². The van der Waals surface area contributed by atoms with Gasteiger partial charge in [0.15, 0.2) is 17.1 Å². The van der Waals surface area contributed by atoms with Gasteiger partial charge in [-0.3, -0.25) is 14.6 Å². The highest BCUT2D eigenvalue weighted by atomic mass is 19.3. The number of hydrogen-bond donors (Lipinski definition) is 2. The van der Waals surface area contributed by atoms with Gasteiger partial charge in [0, 0.05) is 30.8 Å². The van der Waals surface area contributed by atoms with Crippen molar-refractivity contribution < 1.29 is 22.4 Å². The van der Waals surface area contributed by atoms with Crippen molar-refractivity contribution in [3.8, 4) is 0 Å². The van der Waals surface area contributed by atoms with Gasteiger partial charge in [-0.15, -0.1) is 0 Å². The summed E-state index contributed by atoms with van der Waals surface area (Å²) in [6.07, 6.45) is 4.49. The molecular formula is C24H23F4N3O2. The smallest absolute Gasteiger partial charge is 0.268 e. The molecule has 3 aromatic rings. The van der Waals surface area contributed by atoms with Crippen LogP contribution in [0.1, 0.15) is 53.2 Å². The van der Waals surface area contributed by atoms with Crippen LogP contribution in [0.4, 0.5) is 17.6 Å². The highest BCUT2D eigenvalue weighted by Gasteiger charge is 2.55. The molecule has 0 bridgehead atoms. The quantitative estimate of drug-likeness (QED) is 0.536. The molecule has 0 radical (unpaired) electrons. The molecule has 0 saturated heterocycles. The van der Waals surface area contributed by atoms with Crippen LogP contribution in [-0.4, -0.2) is 21.8 Å². The molecule has 1 amide bonds. The molecule has 174 valence electrons. The number of carbonyl (C=O) groups is 1. The summed E-state index contributed by atoms with van der Waals surface area (Å²) in [4.78, 5) is 29.0. The summed E-state index contributed by atoms with van der Waals surface area (Å²) in [6.45, 7) is 1.54. The maximum Gasteiger partial charge on any atom is 0.268 e. The van der Waals surface area contributed by atoms with Gasteiger partial charge in [0.1, 0.15) is 5.69 Å². The molecular weight excluding hydrogens is 438 g/mol. The van der Waals surface area contributed by atoms with Crippen molar-refractivity contribution in [3.63, 3.8) is 0 Å². The summed E-state index contributed by atoms with van der Waals surface area (Å²) in [5.74, 6) is -5.70. The average Bonchev–Trinajstić information content (AvgIpc) is 3.33. The predicted octanol–water partition coefficient (Wildman–Crippen LogP) is 4.83. The van der Waals surface area contributed by atoms with Crippen LogP contribution in [0.25, 0.3) is 10.9 Å². The van der Waals surface area contributed by atoms with Crippen molar-refractivity contribution in [2.24, 2.45) is 17.6 Å². The fraction of sp³-hybridized carbons (Fsp3) is 0.375. The standard InChI is InChI=1S/C15H16F4.C9H7N3O2/c1-8-9(3-5-13(16)14(8)17)10-2-4-12-11(10)6-7-15(12,18)19;10-9(14)8-7-5(1-3-12-8)11-4-2-6(7)13/h3,5,10-12H,2,4,6-7H2,1H3;1-4H,(H2,10,14)(H,11,13)/t10?,11-,12+;/m1./s1. The lowest BCUT2D eigenvalue weighted by Crippen LogP contribution is -2.23.